The molecule has 2 bridgehead atoms. The van der Waals surface area contributed by atoms with Crippen molar-refractivity contribution in [3.05, 3.63) is 65.2 Å². The molecule has 0 spiro atoms. The van der Waals surface area contributed by atoms with E-state index in [1.165, 1.54) is 29.8 Å². The highest BCUT2D eigenvalue weighted by molar-refractivity contribution is 7.86. The van der Waals surface area contributed by atoms with Crippen LogP contribution in [0.3, 0.4) is 0 Å². The van der Waals surface area contributed by atoms with Crippen LogP contribution in [0.2, 0.25) is 0 Å². The molecular formula is C20H21NO6S2. The van der Waals surface area contributed by atoms with Crippen LogP contribution >= 0.6 is 0 Å². The number of fused-ring (bicyclic) bond motifs is 3. The lowest BCUT2D eigenvalue weighted by molar-refractivity contribution is 0.162. The molecule has 2 aromatic carbocycles. The normalized spacial score (nSPS) is 21.9. The first kappa shape index (κ1) is 20.2. The molecule has 3 aliphatic rings. The molecule has 0 unspecified atom stereocenters. The minimum atomic E-state index is -4.28. The smallest absolute Gasteiger partial charge is 0.294 e. The molecule has 9 heteroatoms. The molecule has 0 saturated carbocycles. The highest BCUT2D eigenvalue weighted by atomic mass is 32.2. The van der Waals surface area contributed by atoms with Gasteiger partial charge in [-0.3, -0.25) is 14.0 Å². The molecule has 5 rings (SSSR count). The molecule has 3 aliphatic heterocycles. The zero-order valence-corrected chi connectivity index (χ0v) is 17.2. The number of piperidine rings is 3. The van der Waals surface area contributed by atoms with E-state index in [-0.39, 0.29) is 9.79 Å². The summed E-state index contributed by atoms with van der Waals surface area (Å²) in [6.45, 7) is 2.90. The van der Waals surface area contributed by atoms with Crippen molar-refractivity contribution in [2.75, 3.05) is 19.6 Å². The number of rotatable bonds is 4. The lowest BCUT2D eigenvalue weighted by Crippen LogP contribution is -2.43. The number of benzene rings is 2. The lowest BCUT2D eigenvalue weighted by atomic mass is 9.78. The van der Waals surface area contributed by atoms with Crippen molar-refractivity contribution in [2.45, 2.75) is 22.6 Å². The summed E-state index contributed by atoms with van der Waals surface area (Å²) >= 11 is 0. The minimum absolute atomic E-state index is 0.179. The van der Waals surface area contributed by atoms with E-state index in [9.17, 15) is 25.9 Å². The standard InChI is InChI=1S/C20H21NO6S2/c22-28(23,24)17-5-1-15(2-6-17)20(19-13-21-11-9-14(19)10-12-21)16-3-7-18(8-4-16)29(25,26)27/h1-8,14H,9-13H2,(H,22,23,24)(H,25,26,27). The van der Waals surface area contributed by atoms with Crippen LogP contribution in [0.5, 0.6) is 0 Å². The summed E-state index contributed by atoms with van der Waals surface area (Å²) < 4.78 is 64.0. The highest BCUT2D eigenvalue weighted by Gasteiger charge is 2.32. The Morgan fingerprint density at radius 3 is 1.48 bits per heavy atom. The fraction of sp³-hybridized carbons (Fsp3) is 0.300. The number of hydrogen-bond acceptors (Lipinski definition) is 5. The van der Waals surface area contributed by atoms with Crippen molar-refractivity contribution in [3.63, 3.8) is 0 Å². The van der Waals surface area contributed by atoms with E-state index < -0.39 is 20.2 Å². The van der Waals surface area contributed by atoms with Crippen LogP contribution < -0.4 is 0 Å². The van der Waals surface area contributed by atoms with Gasteiger partial charge in [0.1, 0.15) is 0 Å². The van der Waals surface area contributed by atoms with Crippen LogP contribution in [-0.2, 0) is 20.2 Å². The van der Waals surface area contributed by atoms with Gasteiger partial charge in [0.05, 0.1) is 9.79 Å². The summed E-state index contributed by atoms with van der Waals surface area (Å²) in [6, 6.07) is 12.1. The first-order valence-electron chi connectivity index (χ1n) is 9.24. The van der Waals surface area contributed by atoms with Crippen molar-refractivity contribution in [1.82, 2.24) is 4.90 Å². The predicted octanol–water partition coefficient (Wildman–Crippen LogP) is 2.71. The van der Waals surface area contributed by atoms with Gasteiger partial charge in [0, 0.05) is 6.54 Å². The van der Waals surface area contributed by atoms with Gasteiger partial charge in [-0.15, -0.1) is 0 Å². The lowest BCUT2D eigenvalue weighted by Gasteiger charge is -2.42. The molecule has 154 valence electrons. The van der Waals surface area contributed by atoms with E-state index in [1.807, 2.05) is 0 Å². The summed E-state index contributed by atoms with van der Waals surface area (Å²) in [5.74, 6) is 0.414. The van der Waals surface area contributed by atoms with Gasteiger partial charge in [-0.05, 0) is 78.4 Å². The van der Waals surface area contributed by atoms with Gasteiger partial charge < -0.3 is 0 Å². The second-order valence-corrected chi connectivity index (χ2v) is 10.3. The Balaban J connectivity index is 1.85. The maximum Gasteiger partial charge on any atom is 0.294 e. The van der Waals surface area contributed by atoms with Crippen molar-refractivity contribution in [1.29, 1.82) is 0 Å². The van der Waals surface area contributed by atoms with Gasteiger partial charge in [0.15, 0.2) is 0 Å². The Bertz CT molecular complexity index is 1080. The Morgan fingerprint density at radius 1 is 0.759 bits per heavy atom. The second-order valence-electron chi connectivity index (χ2n) is 7.45. The summed E-state index contributed by atoms with van der Waals surface area (Å²) in [7, 11) is -8.57. The topological polar surface area (TPSA) is 112 Å². The van der Waals surface area contributed by atoms with Crippen LogP contribution in [0.25, 0.3) is 5.57 Å². The average Bonchev–Trinajstić information content (AvgIpc) is 2.69. The maximum atomic E-state index is 11.4. The fourth-order valence-corrected chi connectivity index (χ4v) is 5.18. The SMILES string of the molecule is O=S(=O)(O)c1ccc(C(=C2CN3CCC2CC3)c2ccc(S(=O)(=O)O)cc2)cc1. The Morgan fingerprint density at radius 2 is 1.17 bits per heavy atom. The zero-order chi connectivity index (χ0) is 20.8. The highest BCUT2D eigenvalue weighted by Crippen LogP contribution is 2.39. The van der Waals surface area contributed by atoms with E-state index in [0.29, 0.717) is 5.92 Å². The van der Waals surface area contributed by atoms with E-state index in [4.69, 9.17) is 0 Å². The largest absolute Gasteiger partial charge is 0.299 e. The van der Waals surface area contributed by atoms with Crippen molar-refractivity contribution in [3.8, 4) is 0 Å². The fourth-order valence-electron chi connectivity index (χ4n) is 4.22. The molecule has 2 N–H and O–H groups in total. The molecule has 3 heterocycles. The van der Waals surface area contributed by atoms with Gasteiger partial charge >= 0.3 is 0 Å². The third-order valence-corrected chi connectivity index (χ3v) is 7.41. The van der Waals surface area contributed by atoms with E-state index in [1.54, 1.807) is 24.3 Å². The summed E-state index contributed by atoms with van der Waals surface area (Å²) in [6.07, 6.45) is 2.09. The van der Waals surface area contributed by atoms with Gasteiger partial charge in [-0.2, -0.15) is 16.8 Å². The van der Waals surface area contributed by atoms with Crippen LogP contribution in [0.1, 0.15) is 24.0 Å². The molecular weight excluding hydrogens is 414 g/mol. The molecule has 29 heavy (non-hydrogen) atoms. The predicted molar refractivity (Wildman–Crippen MR) is 108 cm³/mol. The summed E-state index contributed by atoms with van der Waals surface area (Å²) in [5.41, 5.74) is 3.76. The zero-order valence-electron chi connectivity index (χ0n) is 15.5. The third-order valence-electron chi connectivity index (χ3n) is 5.68. The maximum absolute atomic E-state index is 11.4. The molecule has 3 fully saturated rings. The quantitative estimate of drug-likeness (QED) is 0.710. The van der Waals surface area contributed by atoms with E-state index in [2.05, 4.69) is 4.90 Å². The molecule has 7 nitrogen and oxygen atoms in total. The first-order chi connectivity index (χ1) is 13.6. The van der Waals surface area contributed by atoms with Crippen LogP contribution in [0.15, 0.2) is 63.9 Å². The van der Waals surface area contributed by atoms with Crippen molar-refractivity contribution in [2.24, 2.45) is 5.92 Å². The van der Waals surface area contributed by atoms with Gasteiger partial charge in [0.2, 0.25) is 0 Å². The average molecular weight is 436 g/mol. The Kier molecular flexibility index (Phi) is 5.12. The molecule has 0 aliphatic carbocycles. The molecule has 0 aromatic heterocycles. The molecule has 0 radical (unpaired) electrons. The van der Waals surface area contributed by atoms with Crippen LogP contribution in [-0.4, -0.2) is 50.5 Å². The van der Waals surface area contributed by atoms with Crippen molar-refractivity contribution < 1.29 is 25.9 Å². The van der Waals surface area contributed by atoms with Gasteiger partial charge in [-0.25, -0.2) is 0 Å². The molecule has 2 aromatic rings. The van der Waals surface area contributed by atoms with Gasteiger partial charge in [0.25, 0.3) is 20.2 Å². The molecule has 0 atom stereocenters. The van der Waals surface area contributed by atoms with Crippen LogP contribution in [0.4, 0.5) is 0 Å². The third kappa shape index (κ3) is 4.15. The minimum Gasteiger partial charge on any atom is -0.299 e. The second kappa shape index (κ2) is 7.33. The Hall–Kier alpha value is -2.04. The van der Waals surface area contributed by atoms with E-state index in [0.717, 1.165) is 49.2 Å². The summed E-state index contributed by atoms with van der Waals surface area (Å²) in [4.78, 5) is 2.01. The van der Waals surface area contributed by atoms with Crippen LogP contribution in [0, 0.1) is 5.92 Å². The summed E-state index contributed by atoms with van der Waals surface area (Å²) in [5, 5.41) is 0. The van der Waals surface area contributed by atoms with E-state index >= 15 is 0 Å². The number of hydrogen-bond donors (Lipinski definition) is 2. The van der Waals surface area contributed by atoms with Gasteiger partial charge in [-0.1, -0.05) is 24.3 Å². The first-order valence-corrected chi connectivity index (χ1v) is 12.1. The molecule has 0 amide bonds. The monoisotopic (exact) mass is 435 g/mol. The molecule has 3 saturated heterocycles. The Labute approximate surface area is 170 Å². The number of nitrogens with zero attached hydrogens (tertiary/aromatic N) is 1. The van der Waals surface area contributed by atoms with Crippen molar-refractivity contribution >= 4 is 25.8 Å².